The van der Waals surface area contributed by atoms with Crippen LogP contribution >= 0.6 is 0 Å². The predicted molar refractivity (Wildman–Crippen MR) is 162 cm³/mol. The van der Waals surface area contributed by atoms with E-state index in [0.717, 1.165) is 70.5 Å². The van der Waals surface area contributed by atoms with Gasteiger partial charge in [-0.05, 0) is 96.2 Å². The molecule has 2 saturated heterocycles. The minimum Gasteiger partial charge on any atom is -0.508 e. The second-order valence-electron chi connectivity index (χ2n) is 11.8. The molecule has 2 aromatic carbocycles. The molecule has 2 aliphatic heterocycles. The molecule has 5 rings (SSSR count). The molecule has 0 aliphatic carbocycles. The van der Waals surface area contributed by atoms with Crippen LogP contribution in [0, 0.1) is 0 Å². The Hall–Kier alpha value is -2.61. The van der Waals surface area contributed by atoms with Crippen molar-refractivity contribution in [3.63, 3.8) is 0 Å². The normalized spacial score (nSPS) is 20.0. The van der Waals surface area contributed by atoms with E-state index >= 15 is 0 Å². The van der Waals surface area contributed by atoms with Gasteiger partial charge in [0, 0.05) is 50.5 Å². The first kappa shape index (κ1) is 27.9. The van der Waals surface area contributed by atoms with Crippen LogP contribution < -0.4 is 4.90 Å². The number of hydrogen-bond acceptors (Lipinski definition) is 6. The Kier molecular flexibility index (Phi) is 8.50. The topological polar surface area (TPSA) is 51.0 Å². The van der Waals surface area contributed by atoms with Crippen LogP contribution in [-0.2, 0) is 12.1 Å². The average molecular weight is 533 g/mol. The lowest BCUT2D eigenvalue weighted by molar-refractivity contribution is 0.115. The van der Waals surface area contributed by atoms with Gasteiger partial charge in [-0.15, -0.1) is 0 Å². The van der Waals surface area contributed by atoms with Gasteiger partial charge in [0.05, 0.1) is 17.1 Å². The quantitative estimate of drug-likeness (QED) is 0.425. The van der Waals surface area contributed by atoms with Gasteiger partial charge >= 0.3 is 0 Å². The molecule has 1 N–H and O–H groups in total. The van der Waals surface area contributed by atoms with Gasteiger partial charge in [-0.1, -0.05) is 25.5 Å². The molecule has 212 valence electrons. The average Bonchev–Trinajstić information content (AvgIpc) is 3.17. The lowest BCUT2D eigenvalue weighted by atomic mass is 9.79. The number of benzene rings is 2. The molecule has 39 heavy (non-hydrogen) atoms. The first-order chi connectivity index (χ1) is 18.9. The largest absolute Gasteiger partial charge is 0.508 e. The summed E-state index contributed by atoms with van der Waals surface area (Å²) in [5.74, 6) is 1.59. The second kappa shape index (κ2) is 11.9. The van der Waals surface area contributed by atoms with Crippen molar-refractivity contribution < 1.29 is 5.11 Å². The Balaban J connectivity index is 1.41. The van der Waals surface area contributed by atoms with Crippen LogP contribution in [0.25, 0.3) is 11.0 Å². The van der Waals surface area contributed by atoms with Crippen molar-refractivity contribution in [2.75, 3.05) is 65.3 Å². The lowest BCUT2D eigenvalue weighted by Gasteiger charge is -2.47. The summed E-state index contributed by atoms with van der Waals surface area (Å²) in [4.78, 5) is 15.3. The van der Waals surface area contributed by atoms with Crippen molar-refractivity contribution in [2.45, 2.75) is 64.1 Å². The SMILES string of the molecule is CCC[C@H](c1nc2cc(N3CCC(c4cccc(O)c4)(N(C)C)CC3)ccc2n1CC)N1CCCN(C)CC1. The van der Waals surface area contributed by atoms with E-state index in [1.807, 2.05) is 12.1 Å². The van der Waals surface area contributed by atoms with Crippen LogP contribution in [0.15, 0.2) is 42.5 Å². The Bertz CT molecular complexity index is 1240. The van der Waals surface area contributed by atoms with E-state index in [9.17, 15) is 5.11 Å². The summed E-state index contributed by atoms with van der Waals surface area (Å²) in [6.07, 6.45) is 5.55. The van der Waals surface area contributed by atoms with E-state index in [-0.39, 0.29) is 5.54 Å². The molecule has 3 heterocycles. The first-order valence-electron chi connectivity index (χ1n) is 15.0. The highest BCUT2D eigenvalue weighted by atomic mass is 16.3. The third-order valence-electron chi connectivity index (χ3n) is 9.33. The fraction of sp³-hybridized carbons (Fsp3) is 0.594. The lowest BCUT2D eigenvalue weighted by Crippen LogP contribution is -2.50. The Morgan fingerprint density at radius 1 is 0.974 bits per heavy atom. The molecule has 2 fully saturated rings. The summed E-state index contributed by atoms with van der Waals surface area (Å²) < 4.78 is 2.46. The van der Waals surface area contributed by atoms with E-state index < -0.39 is 0 Å². The number of phenols is 1. The number of anilines is 1. The number of piperidine rings is 1. The number of aromatic hydroxyl groups is 1. The summed E-state index contributed by atoms with van der Waals surface area (Å²) in [5, 5.41) is 10.2. The highest BCUT2D eigenvalue weighted by molar-refractivity contribution is 5.80. The number of rotatable bonds is 8. The number of nitrogens with zero attached hydrogens (tertiary/aromatic N) is 6. The monoisotopic (exact) mass is 532 g/mol. The molecule has 0 spiro atoms. The van der Waals surface area contributed by atoms with Crippen molar-refractivity contribution in [1.29, 1.82) is 0 Å². The van der Waals surface area contributed by atoms with Gasteiger partial charge in [-0.2, -0.15) is 0 Å². The number of likely N-dealkylation sites (N-methyl/N-ethyl adjacent to an activating group) is 1. The Morgan fingerprint density at radius 3 is 2.46 bits per heavy atom. The standard InChI is InChI=1S/C32H48N6O/c1-6-10-30(37-18-9-17-35(5)21-22-37)31-33-28-24-26(13-14-29(28)38(31)7-2)36-19-15-32(16-20-36,34(3)4)25-11-8-12-27(39)23-25/h8,11-14,23-24,30,39H,6-7,9-10,15-22H2,1-5H3/t30-/m1/s1. The molecule has 2 aliphatic rings. The van der Waals surface area contributed by atoms with Gasteiger partial charge < -0.3 is 19.5 Å². The molecule has 0 saturated carbocycles. The van der Waals surface area contributed by atoms with Gasteiger partial charge in [0.15, 0.2) is 0 Å². The number of phenolic OH excluding ortho intramolecular Hbond substituents is 1. The van der Waals surface area contributed by atoms with Crippen molar-refractivity contribution in [3.05, 3.63) is 53.9 Å². The molecule has 3 aromatic rings. The van der Waals surface area contributed by atoms with Crippen LogP contribution in [0.1, 0.15) is 63.4 Å². The number of aryl methyl sites for hydroxylation is 1. The van der Waals surface area contributed by atoms with E-state index in [2.05, 4.69) is 83.4 Å². The smallest absolute Gasteiger partial charge is 0.127 e. The Labute approximate surface area is 235 Å². The van der Waals surface area contributed by atoms with Crippen molar-refractivity contribution in [1.82, 2.24) is 24.3 Å². The predicted octanol–water partition coefficient (Wildman–Crippen LogP) is 5.30. The molecule has 1 aromatic heterocycles. The molecule has 7 nitrogen and oxygen atoms in total. The zero-order valence-corrected chi connectivity index (χ0v) is 24.7. The third kappa shape index (κ3) is 5.54. The summed E-state index contributed by atoms with van der Waals surface area (Å²) in [7, 11) is 6.58. The van der Waals surface area contributed by atoms with Crippen LogP contribution in [0.2, 0.25) is 0 Å². The van der Waals surface area contributed by atoms with Crippen LogP contribution in [0.3, 0.4) is 0 Å². The molecular formula is C32H48N6O. The fourth-order valence-electron chi connectivity index (χ4n) is 6.97. The van der Waals surface area contributed by atoms with E-state index in [1.165, 1.54) is 35.6 Å². The van der Waals surface area contributed by atoms with Gasteiger partial charge in [-0.25, -0.2) is 4.98 Å². The highest BCUT2D eigenvalue weighted by Gasteiger charge is 2.38. The maximum atomic E-state index is 10.2. The maximum absolute atomic E-state index is 10.2. The van der Waals surface area contributed by atoms with E-state index in [4.69, 9.17) is 4.98 Å². The summed E-state index contributed by atoms with van der Waals surface area (Å²) >= 11 is 0. The van der Waals surface area contributed by atoms with Gasteiger partial charge in [-0.3, -0.25) is 9.80 Å². The highest BCUT2D eigenvalue weighted by Crippen LogP contribution is 2.40. The van der Waals surface area contributed by atoms with Crippen LogP contribution in [-0.4, -0.2) is 89.8 Å². The van der Waals surface area contributed by atoms with E-state index in [1.54, 1.807) is 6.07 Å². The zero-order valence-electron chi connectivity index (χ0n) is 24.7. The van der Waals surface area contributed by atoms with Crippen molar-refractivity contribution in [2.24, 2.45) is 0 Å². The number of imidazole rings is 1. The van der Waals surface area contributed by atoms with Gasteiger partial charge in [0.1, 0.15) is 11.6 Å². The van der Waals surface area contributed by atoms with Crippen molar-refractivity contribution >= 4 is 16.7 Å². The molecule has 0 radical (unpaired) electrons. The number of aromatic nitrogens is 2. The van der Waals surface area contributed by atoms with Crippen molar-refractivity contribution in [3.8, 4) is 5.75 Å². The second-order valence-corrected chi connectivity index (χ2v) is 11.8. The molecule has 0 unspecified atom stereocenters. The fourth-order valence-corrected chi connectivity index (χ4v) is 6.97. The summed E-state index contributed by atoms with van der Waals surface area (Å²) in [6, 6.07) is 15.1. The summed E-state index contributed by atoms with van der Waals surface area (Å²) in [6.45, 7) is 12.0. The molecular weight excluding hydrogens is 484 g/mol. The zero-order chi connectivity index (χ0) is 27.6. The van der Waals surface area contributed by atoms with Crippen LogP contribution in [0.4, 0.5) is 5.69 Å². The number of hydrogen-bond donors (Lipinski definition) is 1. The molecule has 1 atom stereocenters. The number of fused-ring (bicyclic) bond motifs is 1. The van der Waals surface area contributed by atoms with Gasteiger partial charge in [0.25, 0.3) is 0 Å². The third-order valence-corrected chi connectivity index (χ3v) is 9.33. The minimum atomic E-state index is -0.0646. The van der Waals surface area contributed by atoms with E-state index in [0.29, 0.717) is 11.8 Å². The minimum absolute atomic E-state index is 0.0646. The summed E-state index contributed by atoms with van der Waals surface area (Å²) in [5.41, 5.74) is 4.78. The van der Waals surface area contributed by atoms with Gasteiger partial charge in [0.2, 0.25) is 0 Å². The maximum Gasteiger partial charge on any atom is 0.127 e. The Morgan fingerprint density at radius 2 is 1.77 bits per heavy atom. The first-order valence-corrected chi connectivity index (χ1v) is 15.0. The molecule has 0 bridgehead atoms. The molecule has 0 amide bonds. The van der Waals surface area contributed by atoms with Crippen LogP contribution in [0.5, 0.6) is 5.75 Å². The molecule has 7 heteroatoms.